The van der Waals surface area contributed by atoms with E-state index in [1.54, 1.807) is 24.4 Å². The summed E-state index contributed by atoms with van der Waals surface area (Å²) in [5, 5.41) is 14.6. The van der Waals surface area contributed by atoms with E-state index in [0.29, 0.717) is 37.0 Å². The van der Waals surface area contributed by atoms with Crippen LogP contribution in [0.25, 0.3) is 10.9 Å². The van der Waals surface area contributed by atoms with E-state index in [9.17, 15) is 14.7 Å². The van der Waals surface area contributed by atoms with Gasteiger partial charge in [-0.2, -0.15) is 0 Å². The maximum Gasteiger partial charge on any atom is 0.234 e. The minimum atomic E-state index is -1.36. The van der Waals surface area contributed by atoms with E-state index < -0.39 is 22.8 Å². The number of carbonyl (C=O) groups excluding carboxylic acids is 2. The Bertz CT molecular complexity index is 1350. The van der Waals surface area contributed by atoms with Gasteiger partial charge in [0.05, 0.1) is 17.0 Å². The number of hydrogen-bond donors (Lipinski definition) is 2. The van der Waals surface area contributed by atoms with Gasteiger partial charge in [0, 0.05) is 48.6 Å². The molecule has 5 rings (SSSR count). The summed E-state index contributed by atoms with van der Waals surface area (Å²) in [4.78, 5) is 30.6. The lowest BCUT2D eigenvalue weighted by Crippen LogP contribution is -2.55. The lowest BCUT2D eigenvalue weighted by Gasteiger charge is -2.50. The normalized spacial score (nSPS) is 24.6. The first-order chi connectivity index (χ1) is 17.1. The zero-order valence-corrected chi connectivity index (χ0v) is 21.0. The molecule has 3 heterocycles. The Morgan fingerprint density at radius 3 is 2.69 bits per heavy atom. The van der Waals surface area contributed by atoms with Gasteiger partial charge in [0.2, 0.25) is 11.8 Å². The van der Waals surface area contributed by atoms with Crippen molar-refractivity contribution in [2.24, 2.45) is 5.41 Å². The second-order valence-electron chi connectivity index (χ2n) is 10.9. The number of hydrogen-bond acceptors (Lipinski definition) is 5. The van der Waals surface area contributed by atoms with Crippen LogP contribution in [0.2, 0.25) is 0 Å². The number of nitrogens with zero attached hydrogens (tertiary/aromatic N) is 2. The molecule has 2 atom stereocenters. The second kappa shape index (κ2) is 9.05. The van der Waals surface area contributed by atoms with Crippen LogP contribution in [0.4, 0.5) is 4.39 Å². The van der Waals surface area contributed by atoms with Crippen molar-refractivity contribution >= 4 is 22.7 Å². The van der Waals surface area contributed by atoms with Gasteiger partial charge >= 0.3 is 0 Å². The topological polar surface area (TPSA) is 82.5 Å². The third-order valence-electron chi connectivity index (χ3n) is 8.09. The number of halogens is 1. The van der Waals surface area contributed by atoms with E-state index in [-0.39, 0.29) is 29.2 Å². The summed E-state index contributed by atoms with van der Waals surface area (Å²) >= 11 is 0. The van der Waals surface area contributed by atoms with E-state index >= 15 is 4.39 Å². The number of aryl methyl sites for hydroxylation is 1. The number of aliphatic hydroxyl groups is 1. The van der Waals surface area contributed by atoms with Crippen LogP contribution < -0.4 is 5.32 Å². The van der Waals surface area contributed by atoms with Crippen LogP contribution in [0.5, 0.6) is 0 Å². The Balaban J connectivity index is 1.46. The van der Waals surface area contributed by atoms with Crippen molar-refractivity contribution in [3.63, 3.8) is 0 Å². The first kappa shape index (κ1) is 24.5. The number of piperidine rings is 2. The molecule has 1 aromatic heterocycles. The number of rotatable bonds is 4. The van der Waals surface area contributed by atoms with E-state index in [4.69, 9.17) is 0 Å². The van der Waals surface area contributed by atoms with E-state index in [1.165, 1.54) is 11.1 Å². The highest BCUT2D eigenvalue weighted by Crippen LogP contribution is 2.48. The van der Waals surface area contributed by atoms with Gasteiger partial charge in [-0.15, -0.1) is 0 Å². The number of fused-ring (bicyclic) bond motifs is 1. The number of benzene rings is 2. The number of nitrogens with one attached hydrogen (secondary N) is 1. The van der Waals surface area contributed by atoms with Crippen LogP contribution in [0.15, 0.2) is 48.7 Å². The zero-order valence-electron chi connectivity index (χ0n) is 21.0. The zero-order chi connectivity index (χ0) is 25.7. The Morgan fingerprint density at radius 1 is 1.19 bits per heavy atom. The molecular weight excluding hydrogens is 457 g/mol. The van der Waals surface area contributed by atoms with Crippen molar-refractivity contribution in [2.45, 2.75) is 58.1 Å². The summed E-state index contributed by atoms with van der Waals surface area (Å²) in [6.45, 7) is 8.11. The molecule has 0 spiro atoms. The fraction of sp³-hybridized carbons (Fsp3) is 0.414. The average Bonchev–Trinajstić information content (AvgIpc) is 2.83. The molecule has 36 heavy (non-hydrogen) atoms. The molecule has 2 saturated heterocycles. The molecule has 2 unspecified atom stereocenters. The monoisotopic (exact) mass is 489 g/mol. The van der Waals surface area contributed by atoms with Crippen molar-refractivity contribution in [2.75, 3.05) is 13.1 Å². The molecule has 2 aliphatic heterocycles. The molecule has 6 nitrogen and oxygen atoms in total. The van der Waals surface area contributed by atoms with Gasteiger partial charge in [-0.3, -0.25) is 24.8 Å². The molecule has 0 aliphatic carbocycles. The number of aromatic nitrogens is 1. The lowest BCUT2D eigenvalue weighted by molar-refractivity contribution is -0.134. The summed E-state index contributed by atoms with van der Waals surface area (Å²) < 4.78 is 16.1. The van der Waals surface area contributed by atoms with Gasteiger partial charge in [0.25, 0.3) is 0 Å². The van der Waals surface area contributed by atoms with Crippen LogP contribution in [0.1, 0.15) is 61.3 Å². The molecule has 7 heteroatoms. The van der Waals surface area contributed by atoms with Crippen LogP contribution in [0.3, 0.4) is 0 Å². The third-order valence-corrected chi connectivity index (χ3v) is 8.09. The van der Waals surface area contributed by atoms with Crippen LogP contribution in [-0.2, 0) is 21.7 Å². The first-order valence-electron chi connectivity index (χ1n) is 12.5. The summed E-state index contributed by atoms with van der Waals surface area (Å²) in [5.74, 6) is -1.73. The van der Waals surface area contributed by atoms with Gasteiger partial charge in [-0.05, 0) is 48.6 Å². The van der Waals surface area contributed by atoms with Crippen molar-refractivity contribution in [3.8, 4) is 0 Å². The maximum absolute atomic E-state index is 16.1. The number of amides is 2. The molecule has 188 valence electrons. The maximum atomic E-state index is 16.1. The van der Waals surface area contributed by atoms with E-state index in [0.717, 1.165) is 6.54 Å². The average molecular weight is 490 g/mol. The highest BCUT2D eigenvalue weighted by Gasteiger charge is 2.50. The van der Waals surface area contributed by atoms with Gasteiger partial charge < -0.3 is 5.11 Å². The molecule has 3 aromatic rings. The fourth-order valence-electron chi connectivity index (χ4n) is 5.79. The predicted molar refractivity (Wildman–Crippen MR) is 136 cm³/mol. The summed E-state index contributed by atoms with van der Waals surface area (Å²) in [6.07, 6.45) is 2.58. The van der Waals surface area contributed by atoms with Crippen LogP contribution >= 0.6 is 0 Å². The number of pyridine rings is 1. The first-order valence-corrected chi connectivity index (χ1v) is 12.5. The molecule has 2 aliphatic rings. The largest absolute Gasteiger partial charge is 0.384 e. The van der Waals surface area contributed by atoms with Crippen molar-refractivity contribution < 1.29 is 19.1 Å². The summed E-state index contributed by atoms with van der Waals surface area (Å²) in [6, 6.07) is 13.3. The van der Waals surface area contributed by atoms with Gasteiger partial charge in [0.15, 0.2) is 0 Å². The van der Waals surface area contributed by atoms with Crippen LogP contribution in [-0.4, -0.2) is 39.9 Å². The molecule has 2 fully saturated rings. The smallest absolute Gasteiger partial charge is 0.234 e. The number of likely N-dealkylation sites (tertiary alicyclic amines) is 1. The summed E-state index contributed by atoms with van der Waals surface area (Å²) in [5.41, 5.74) is 1.81. The van der Waals surface area contributed by atoms with Gasteiger partial charge in [-0.1, -0.05) is 44.2 Å². The standard InChI is InChI=1S/C29H32FN3O3/c1-18-6-4-5-7-19(18)16-33-13-12-29(36,28(2,3)17-33)23-9-10-24-22(26(23)30)14-20(15-31-24)21-8-11-25(34)32-27(21)35/h4-7,9-10,14-15,21,36H,8,11-13,16-17H2,1-3H3,(H,32,34,35). The Kier molecular flexibility index (Phi) is 6.17. The Hall–Kier alpha value is -3.16. The number of imide groups is 1. The predicted octanol–water partition coefficient (Wildman–Crippen LogP) is 4.32. The SMILES string of the molecule is Cc1ccccc1CN1CCC(O)(c2ccc3ncc(C4CCC(=O)NC4=O)cc3c2F)C(C)(C)C1. The quantitative estimate of drug-likeness (QED) is 0.534. The van der Waals surface area contributed by atoms with Gasteiger partial charge in [0.1, 0.15) is 5.82 Å². The minimum absolute atomic E-state index is 0.240. The third kappa shape index (κ3) is 4.20. The number of carbonyl (C=O) groups is 2. The molecule has 0 radical (unpaired) electrons. The Morgan fingerprint density at radius 2 is 1.97 bits per heavy atom. The molecule has 0 bridgehead atoms. The molecule has 2 aromatic carbocycles. The molecule has 0 saturated carbocycles. The molecular formula is C29H32FN3O3. The summed E-state index contributed by atoms with van der Waals surface area (Å²) in [7, 11) is 0. The minimum Gasteiger partial charge on any atom is -0.384 e. The second-order valence-corrected chi connectivity index (χ2v) is 10.9. The van der Waals surface area contributed by atoms with Crippen LogP contribution in [0, 0.1) is 18.2 Å². The van der Waals surface area contributed by atoms with Crippen molar-refractivity contribution in [3.05, 3.63) is 76.7 Å². The fourth-order valence-corrected chi connectivity index (χ4v) is 5.79. The highest BCUT2D eigenvalue weighted by atomic mass is 19.1. The Labute approximate surface area is 210 Å². The van der Waals surface area contributed by atoms with Gasteiger partial charge in [-0.25, -0.2) is 4.39 Å². The lowest BCUT2D eigenvalue weighted by atomic mass is 9.66. The molecule has 2 amide bonds. The van der Waals surface area contributed by atoms with Crippen molar-refractivity contribution in [1.29, 1.82) is 0 Å². The van der Waals surface area contributed by atoms with Crippen molar-refractivity contribution in [1.82, 2.24) is 15.2 Å². The molecule has 2 N–H and O–H groups in total. The van der Waals surface area contributed by atoms with E-state index in [2.05, 4.69) is 34.3 Å². The van der Waals surface area contributed by atoms with E-state index in [1.807, 2.05) is 26.0 Å². The highest BCUT2D eigenvalue weighted by molar-refractivity contribution is 6.01.